The molecule has 0 unspecified atom stereocenters. The molecule has 78 valence electrons. The number of rotatable bonds is 0. The average molecular weight is 399 g/mol. The van der Waals surface area contributed by atoms with Gasteiger partial charge in [-0.25, -0.2) is 0 Å². The average Bonchev–Trinajstić information content (AvgIpc) is 2.06. The minimum Gasteiger partial charge on any atom is -0.506 e. The van der Waals surface area contributed by atoms with Gasteiger partial charge < -0.3 is 5.11 Å². The number of alkyl halides is 3. The molecule has 0 spiro atoms. The van der Waals surface area contributed by atoms with Crippen molar-refractivity contribution < 1.29 is 18.3 Å². The number of phenols is 1. The fourth-order valence-corrected chi connectivity index (χ4v) is 2.44. The van der Waals surface area contributed by atoms with E-state index < -0.39 is 11.7 Å². The zero-order chi connectivity index (χ0) is 11.1. The zero-order valence-corrected chi connectivity index (χ0v) is 11.1. The minimum absolute atomic E-state index is 0.0140. The molecular weight excluding hydrogens is 397 g/mol. The van der Waals surface area contributed by atoms with E-state index in [1.54, 1.807) is 0 Å². The van der Waals surface area contributed by atoms with Crippen molar-refractivity contribution in [2.45, 2.75) is 6.18 Å². The maximum absolute atomic E-state index is 12.4. The van der Waals surface area contributed by atoms with Crippen molar-refractivity contribution in [1.82, 2.24) is 0 Å². The summed E-state index contributed by atoms with van der Waals surface area (Å²) in [5.41, 5.74) is -0.853. The predicted octanol–water partition coefficient (Wildman–Crippen LogP) is 4.70. The molecule has 0 aliphatic carbocycles. The number of hydrogen-bond donors (Lipinski definition) is 1. The van der Waals surface area contributed by atoms with E-state index in [1.165, 1.54) is 0 Å². The third kappa shape index (κ3) is 2.25. The van der Waals surface area contributed by atoms with Crippen molar-refractivity contribution >= 4 is 47.8 Å². The molecule has 0 heterocycles. The van der Waals surface area contributed by atoms with Crippen LogP contribution >= 0.6 is 47.8 Å². The lowest BCUT2D eigenvalue weighted by Gasteiger charge is -2.12. The number of aromatic hydroxyl groups is 1. The molecular formula is C7H2Br3F3O. The lowest BCUT2D eigenvalue weighted by Crippen LogP contribution is -2.06. The van der Waals surface area contributed by atoms with Gasteiger partial charge in [0.1, 0.15) is 5.75 Å². The van der Waals surface area contributed by atoms with Gasteiger partial charge in [-0.1, -0.05) is 0 Å². The molecule has 1 aromatic carbocycles. The minimum atomic E-state index is -4.46. The molecule has 0 amide bonds. The number of benzene rings is 1. The summed E-state index contributed by atoms with van der Waals surface area (Å²) in [6.07, 6.45) is -4.46. The summed E-state index contributed by atoms with van der Waals surface area (Å²) in [5, 5.41) is 9.29. The maximum Gasteiger partial charge on any atom is 0.417 e. The molecule has 0 aliphatic rings. The van der Waals surface area contributed by atoms with Crippen molar-refractivity contribution in [2.24, 2.45) is 0 Å². The summed E-state index contributed by atoms with van der Waals surface area (Å²) >= 11 is 8.42. The summed E-state index contributed by atoms with van der Waals surface area (Å²) in [7, 11) is 0. The van der Waals surface area contributed by atoms with Gasteiger partial charge in [0.15, 0.2) is 0 Å². The summed E-state index contributed by atoms with van der Waals surface area (Å²) < 4.78 is 36.9. The summed E-state index contributed by atoms with van der Waals surface area (Å²) in [5.74, 6) is -0.273. The van der Waals surface area contributed by atoms with Gasteiger partial charge in [0, 0.05) is 4.47 Å². The largest absolute Gasteiger partial charge is 0.506 e. The Morgan fingerprint density at radius 2 is 1.57 bits per heavy atom. The first-order valence-electron chi connectivity index (χ1n) is 3.18. The Labute approximate surface area is 103 Å². The third-order valence-electron chi connectivity index (χ3n) is 1.44. The van der Waals surface area contributed by atoms with E-state index in [2.05, 4.69) is 47.8 Å². The van der Waals surface area contributed by atoms with E-state index in [-0.39, 0.29) is 19.2 Å². The Morgan fingerprint density at radius 1 is 1.07 bits per heavy atom. The Hall–Kier alpha value is 0.250. The van der Waals surface area contributed by atoms with Gasteiger partial charge in [0.05, 0.1) is 14.5 Å². The Balaban J connectivity index is 3.49. The molecule has 1 nitrogen and oxygen atoms in total. The maximum atomic E-state index is 12.4. The van der Waals surface area contributed by atoms with Crippen LogP contribution in [0.5, 0.6) is 5.75 Å². The first-order valence-corrected chi connectivity index (χ1v) is 5.56. The first-order chi connectivity index (χ1) is 6.25. The molecule has 0 bridgehead atoms. The van der Waals surface area contributed by atoms with Crippen LogP contribution in [0.15, 0.2) is 19.5 Å². The van der Waals surface area contributed by atoms with Gasteiger partial charge in [-0.15, -0.1) is 0 Å². The molecule has 0 fully saturated rings. The van der Waals surface area contributed by atoms with Crippen LogP contribution in [0.2, 0.25) is 0 Å². The van der Waals surface area contributed by atoms with Crippen molar-refractivity contribution in [3.05, 3.63) is 25.0 Å². The van der Waals surface area contributed by atoms with E-state index in [4.69, 9.17) is 0 Å². The Morgan fingerprint density at radius 3 is 2.00 bits per heavy atom. The number of hydrogen-bond acceptors (Lipinski definition) is 1. The second kappa shape index (κ2) is 4.02. The number of halogens is 6. The van der Waals surface area contributed by atoms with E-state index in [9.17, 15) is 18.3 Å². The van der Waals surface area contributed by atoms with Crippen LogP contribution < -0.4 is 0 Å². The molecule has 1 N–H and O–H groups in total. The van der Waals surface area contributed by atoms with Crippen molar-refractivity contribution in [3.8, 4) is 5.75 Å². The standard InChI is InChI=1S/C7H2Br3F3O/c8-3-1-2(7(11,12)13)4(9)5(10)6(3)14/h1,14H. The smallest absolute Gasteiger partial charge is 0.417 e. The van der Waals surface area contributed by atoms with Gasteiger partial charge in [0.2, 0.25) is 0 Å². The van der Waals surface area contributed by atoms with Gasteiger partial charge in [-0.3, -0.25) is 0 Å². The second-order valence-corrected chi connectivity index (χ2v) is 4.82. The first kappa shape index (κ1) is 12.3. The van der Waals surface area contributed by atoms with Crippen LogP contribution in [-0.2, 0) is 6.18 Å². The van der Waals surface area contributed by atoms with Crippen molar-refractivity contribution in [2.75, 3.05) is 0 Å². The lowest BCUT2D eigenvalue weighted by atomic mass is 10.2. The van der Waals surface area contributed by atoms with E-state index in [1.807, 2.05) is 0 Å². The third-order valence-corrected chi connectivity index (χ3v) is 4.17. The molecule has 0 saturated heterocycles. The highest BCUT2D eigenvalue weighted by Crippen LogP contribution is 2.45. The highest BCUT2D eigenvalue weighted by atomic mass is 79.9. The summed E-state index contributed by atoms with van der Waals surface area (Å²) in [4.78, 5) is 0. The van der Waals surface area contributed by atoms with Gasteiger partial charge in [0.25, 0.3) is 0 Å². The van der Waals surface area contributed by atoms with Crippen LogP contribution in [0, 0.1) is 0 Å². The lowest BCUT2D eigenvalue weighted by molar-refractivity contribution is -0.138. The normalized spacial score (nSPS) is 11.9. The fraction of sp³-hybridized carbons (Fsp3) is 0.143. The van der Waals surface area contributed by atoms with Gasteiger partial charge in [-0.2, -0.15) is 13.2 Å². The molecule has 1 rings (SSSR count). The van der Waals surface area contributed by atoms with E-state index in [0.29, 0.717) is 0 Å². The molecule has 0 radical (unpaired) electrons. The van der Waals surface area contributed by atoms with Crippen LogP contribution in [0.25, 0.3) is 0 Å². The van der Waals surface area contributed by atoms with Gasteiger partial charge >= 0.3 is 6.18 Å². The molecule has 0 aromatic heterocycles. The van der Waals surface area contributed by atoms with Crippen molar-refractivity contribution in [1.29, 1.82) is 0 Å². The molecule has 7 heteroatoms. The molecule has 0 saturated carbocycles. The Kier molecular flexibility index (Phi) is 3.53. The predicted molar refractivity (Wildman–Crippen MR) is 56.2 cm³/mol. The summed E-state index contributed by atoms with van der Waals surface area (Å²) in [6, 6.07) is 0.810. The van der Waals surface area contributed by atoms with Crippen LogP contribution in [0.3, 0.4) is 0 Å². The fourth-order valence-electron chi connectivity index (χ4n) is 0.792. The van der Waals surface area contributed by atoms with E-state index >= 15 is 0 Å². The van der Waals surface area contributed by atoms with Crippen LogP contribution in [0.1, 0.15) is 5.56 Å². The highest BCUT2D eigenvalue weighted by molar-refractivity contribution is 9.13. The SMILES string of the molecule is Oc1c(Br)cc(C(F)(F)F)c(Br)c1Br. The molecule has 0 aliphatic heterocycles. The zero-order valence-electron chi connectivity index (χ0n) is 6.29. The van der Waals surface area contributed by atoms with Crippen LogP contribution in [-0.4, -0.2) is 5.11 Å². The topological polar surface area (TPSA) is 20.2 Å². The second-order valence-electron chi connectivity index (χ2n) is 2.38. The monoisotopic (exact) mass is 396 g/mol. The molecule has 1 aromatic rings. The summed E-state index contributed by atoms with van der Waals surface area (Å²) in [6.45, 7) is 0. The molecule has 0 atom stereocenters. The van der Waals surface area contributed by atoms with E-state index in [0.717, 1.165) is 6.07 Å². The highest BCUT2D eigenvalue weighted by Gasteiger charge is 2.35. The van der Waals surface area contributed by atoms with Crippen LogP contribution in [0.4, 0.5) is 13.2 Å². The van der Waals surface area contributed by atoms with Gasteiger partial charge in [-0.05, 0) is 53.9 Å². The quantitative estimate of drug-likeness (QED) is 0.628. The Bertz CT molecular complexity index is 375. The number of phenolic OH excluding ortho intramolecular Hbond substituents is 1. The van der Waals surface area contributed by atoms with Crippen molar-refractivity contribution in [3.63, 3.8) is 0 Å². The molecule has 14 heavy (non-hydrogen) atoms.